The number of furan rings is 1. The molecule has 0 aliphatic heterocycles. The van der Waals surface area contributed by atoms with E-state index in [0.717, 1.165) is 14.3 Å². The molecule has 0 radical (unpaired) electrons. The molecule has 0 fully saturated rings. The van der Waals surface area contributed by atoms with Gasteiger partial charge in [-0.3, -0.25) is 4.79 Å². The second-order valence-electron chi connectivity index (χ2n) is 6.24. The van der Waals surface area contributed by atoms with Gasteiger partial charge in [-0.05, 0) is 81.3 Å². The molecule has 11 heteroatoms. The molecule has 3 aromatic rings. The number of fused-ring (bicyclic) bond motifs is 1. The van der Waals surface area contributed by atoms with Crippen molar-refractivity contribution >= 4 is 83.5 Å². The van der Waals surface area contributed by atoms with Crippen LogP contribution >= 0.6 is 54.5 Å². The summed E-state index contributed by atoms with van der Waals surface area (Å²) in [5.41, 5.74) is 3.67. The molecule has 0 saturated carbocycles. The summed E-state index contributed by atoms with van der Waals surface area (Å²) >= 11 is 8.88. The number of methoxy groups -OCH3 is 1. The van der Waals surface area contributed by atoms with E-state index in [1.165, 1.54) is 13.3 Å². The van der Waals surface area contributed by atoms with Crippen molar-refractivity contribution in [2.75, 3.05) is 20.3 Å². The Kier molecular flexibility index (Phi) is 8.54. The van der Waals surface area contributed by atoms with Crippen LogP contribution in [0, 0.1) is 3.57 Å². The number of rotatable bonds is 8. The van der Waals surface area contributed by atoms with Crippen LogP contribution in [0.1, 0.15) is 23.0 Å². The smallest absolute Gasteiger partial charge is 0.344 e. The van der Waals surface area contributed by atoms with Crippen molar-refractivity contribution in [3.05, 3.63) is 54.2 Å². The Hall–Kier alpha value is -2.12. The van der Waals surface area contributed by atoms with Gasteiger partial charge in [0.25, 0.3) is 0 Å². The van der Waals surface area contributed by atoms with Gasteiger partial charge in [0, 0.05) is 9.86 Å². The first-order chi connectivity index (χ1) is 15.3. The van der Waals surface area contributed by atoms with Crippen LogP contribution in [0.2, 0.25) is 0 Å². The third-order valence-corrected chi connectivity index (χ3v) is 5.88. The van der Waals surface area contributed by atoms with E-state index < -0.39 is 11.9 Å². The van der Waals surface area contributed by atoms with Crippen LogP contribution in [0.15, 0.2) is 48.8 Å². The van der Waals surface area contributed by atoms with Crippen LogP contribution in [0.5, 0.6) is 11.5 Å². The molecule has 8 nitrogen and oxygen atoms in total. The zero-order valence-corrected chi connectivity index (χ0v) is 22.2. The predicted molar refractivity (Wildman–Crippen MR) is 135 cm³/mol. The summed E-state index contributed by atoms with van der Waals surface area (Å²) in [6.45, 7) is 1.77. The van der Waals surface area contributed by atoms with Crippen molar-refractivity contribution in [1.82, 2.24) is 5.43 Å². The first-order valence-electron chi connectivity index (χ1n) is 9.20. The highest BCUT2D eigenvalue weighted by atomic mass is 127. The second kappa shape index (κ2) is 11.1. The van der Waals surface area contributed by atoms with Gasteiger partial charge < -0.3 is 18.6 Å². The molecule has 32 heavy (non-hydrogen) atoms. The summed E-state index contributed by atoms with van der Waals surface area (Å²) < 4.78 is 23.7. The number of amides is 1. The average molecular weight is 680 g/mol. The molecule has 2 aromatic carbocycles. The Morgan fingerprint density at radius 3 is 2.72 bits per heavy atom. The van der Waals surface area contributed by atoms with E-state index in [4.69, 9.17) is 18.6 Å². The van der Waals surface area contributed by atoms with Crippen LogP contribution in [0.25, 0.3) is 11.0 Å². The second-order valence-corrected chi connectivity index (χ2v) is 9.18. The zero-order valence-electron chi connectivity index (χ0n) is 16.9. The number of hydrazone groups is 1. The van der Waals surface area contributed by atoms with Crippen LogP contribution < -0.4 is 14.9 Å². The monoisotopic (exact) mass is 678 g/mol. The Balaban J connectivity index is 1.71. The number of carbonyl (C=O) groups is 2. The number of nitrogens with zero attached hydrogens (tertiary/aromatic N) is 1. The van der Waals surface area contributed by atoms with Gasteiger partial charge in [0.05, 0.1) is 28.0 Å². The number of esters is 1. The lowest BCUT2D eigenvalue weighted by Crippen LogP contribution is -2.17. The molecule has 168 valence electrons. The molecular weight excluding hydrogens is 663 g/mol. The highest BCUT2D eigenvalue weighted by molar-refractivity contribution is 14.1. The van der Waals surface area contributed by atoms with Crippen LogP contribution in [-0.4, -0.2) is 38.4 Å². The van der Waals surface area contributed by atoms with E-state index in [-0.39, 0.29) is 19.0 Å². The van der Waals surface area contributed by atoms with Gasteiger partial charge in [-0.15, -0.1) is 0 Å². The summed E-state index contributed by atoms with van der Waals surface area (Å²) in [7, 11) is 1.49. The van der Waals surface area contributed by atoms with Crippen molar-refractivity contribution in [3.63, 3.8) is 0 Å². The molecule has 1 aromatic heterocycles. The predicted octanol–water partition coefficient (Wildman–Crippen LogP) is 5.28. The van der Waals surface area contributed by atoms with Gasteiger partial charge in [0.2, 0.25) is 0 Å². The van der Waals surface area contributed by atoms with E-state index in [2.05, 4.69) is 65.0 Å². The fourth-order valence-corrected chi connectivity index (χ4v) is 4.82. The van der Waals surface area contributed by atoms with Gasteiger partial charge in [0.15, 0.2) is 23.9 Å². The number of carbonyl (C=O) groups excluding carboxylic acids is 2. The summed E-state index contributed by atoms with van der Waals surface area (Å²) in [4.78, 5) is 24.0. The minimum Gasteiger partial charge on any atom is -0.493 e. The van der Waals surface area contributed by atoms with E-state index in [1.54, 1.807) is 25.1 Å². The van der Waals surface area contributed by atoms with E-state index in [9.17, 15) is 9.59 Å². The molecule has 0 bridgehead atoms. The maximum Gasteiger partial charge on any atom is 0.344 e. The summed E-state index contributed by atoms with van der Waals surface area (Å²) in [6, 6.07) is 8.77. The van der Waals surface area contributed by atoms with Gasteiger partial charge in [-0.1, -0.05) is 15.9 Å². The van der Waals surface area contributed by atoms with Crippen LogP contribution in [0.3, 0.4) is 0 Å². The number of benzene rings is 2. The minimum absolute atomic E-state index is 0.130. The standard InChI is InChI=1S/C21H17Br2IN2O6/c1-3-30-18(27)10-31-20-15(24)4-11(5-16(20)29-2)9-25-26-21(28)17-7-12-6-13(22)8-14(23)19(12)32-17/h4-9H,3,10H2,1-2H3,(H,26,28)/b25-9-. The number of ether oxygens (including phenoxy) is 3. The first-order valence-corrected chi connectivity index (χ1v) is 11.9. The van der Waals surface area contributed by atoms with Crippen LogP contribution in [-0.2, 0) is 9.53 Å². The number of nitrogens with one attached hydrogen (secondary N) is 1. The largest absolute Gasteiger partial charge is 0.493 e. The molecule has 0 unspecified atom stereocenters. The van der Waals surface area contributed by atoms with Gasteiger partial charge in [-0.2, -0.15) is 5.10 Å². The third kappa shape index (κ3) is 6.01. The number of hydrogen-bond donors (Lipinski definition) is 1. The van der Waals surface area contributed by atoms with Crippen molar-refractivity contribution in [3.8, 4) is 11.5 Å². The maximum atomic E-state index is 12.4. The van der Waals surface area contributed by atoms with Gasteiger partial charge in [0.1, 0.15) is 5.58 Å². The minimum atomic E-state index is -0.489. The first kappa shape index (κ1) is 24.5. The fourth-order valence-electron chi connectivity index (χ4n) is 2.70. The average Bonchev–Trinajstić information content (AvgIpc) is 3.17. The molecule has 0 spiro atoms. The van der Waals surface area contributed by atoms with Crippen molar-refractivity contribution in [2.24, 2.45) is 5.10 Å². The Morgan fingerprint density at radius 1 is 1.22 bits per heavy atom. The SMILES string of the molecule is CCOC(=O)COc1c(I)cc(/C=N\NC(=O)c2cc3cc(Br)cc(Br)c3o2)cc1OC. The summed E-state index contributed by atoms with van der Waals surface area (Å²) in [5, 5.41) is 4.77. The lowest BCUT2D eigenvalue weighted by Gasteiger charge is -2.13. The van der Waals surface area contributed by atoms with E-state index in [0.29, 0.717) is 26.2 Å². The quantitative estimate of drug-likeness (QED) is 0.151. The van der Waals surface area contributed by atoms with E-state index >= 15 is 0 Å². The molecular formula is C21H17Br2IN2O6. The summed E-state index contributed by atoms with van der Waals surface area (Å²) in [6.07, 6.45) is 1.47. The Morgan fingerprint density at radius 2 is 2.00 bits per heavy atom. The molecule has 1 N–H and O–H groups in total. The highest BCUT2D eigenvalue weighted by Crippen LogP contribution is 2.34. The molecule has 0 atom stereocenters. The Labute approximate surface area is 214 Å². The Bertz CT molecular complexity index is 1190. The lowest BCUT2D eigenvalue weighted by molar-refractivity contribution is -0.145. The fraction of sp³-hybridized carbons (Fsp3) is 0.190. The summed E-state index contributed by atoms with van der Waals surface area (Å²) in [5.74, 6) is 0.00839. The highest BCUT2D eigenvalue weighted by Gasteiger charge is 2.15. The van der Waals surface area contributed by atoms with Crippen LogP contribution in [0.4, 0.5) is 0 Å². The topological polar surface area (TPSA) is 99.4 Å². The van der Waals surface area contributed by atoms with E-state index in [1.807, 2.05) is 12.1 Å². The van der Waals surface area contributed by atoms with Crippen molar-refractivity contribution in [1.29, 1.82) is 0 Å². The maximum absolute atomic E-state index is 12.4. The zero-order chi connectivity index (χ0) is 23.3. The lowest BCUT2D eigenvalue weighted by atomic mass is 10.2. The molecule has 3 rings (SSSR count). The molecule has 0 aliphatic rings. The van der Waals surface area contributed by atoms with Crippen molar-refractivity contribution in [2.45, 2.75) is 6.92 Å². The molecule has 0 saturated heterocycles. The number of halogens is 3. The molecule has 1 amide bonds. The third-order valence-electron chi connectivity index (χ3n) is 4.03. The van der Waals surface area contributed by atoms with Crippen molar-refractivity contribution < 1.29 is 28.2 Å². The number of hydrogen-bond acceptors (Lipinski definition) is 7. The molecule has 0 aliphatic carbocycles. The van der Waals surface area contributed by atoms with Gasteiger partial charge in [-0.25, -0.2) is 10.2 Å². The van der Waals surface area contributed by atoms with Gasteiger partial charge >= 0.3 is 11.9 Å². The normalized spacial score (nSPS) is 11.0. The molecule has 1 heterocycles.